The van der Waals surface area contributed by atoms with Crippen molar-refractivity contribution >= 4 is 5.82 Å². The average molecular weight is 428 g/mol. The Morgan fingerprint density at radius 3 is 1.66 bits per heavy atom. The van der Waals surface area contributed by atoms with E-state index in [1.807, 2.05) is 54.6 Å². The fourth-order valence-electron chi connectivity index (χ4n) is 3.90. The SMILES string of the molecule is O=c1nc(NC(c2ccccc2)(c2ccccc2)c2ccccc2)ccn1CCC(O)O. The van der Waals surface area contributed by atoms with Gasteiger partial charge in [0.2, 0.25) is 0 Å². The topological polar surface area (TPSA) is 87.4 Å². The third kappa shape index (κ3) is 4.46. The molecule has 0 saturated heterocycles. The average Bonchev–Trinajstić information content (AvgIpc) is 2.83. The highest BCUT2D eigenvalue weighted by atomic mass is 16.5. The van der Waals surface area contributed by atoms with Crippen molar-refractivity contribution in [1.82, 2.24) is 9.55 Å². The quantitative estimate of drug-likeness (QED) is 0.297. The molecule has 1 heterocycles. The number of aromatic nitrogens is 2. The van der Waals surface area contributed by atoms with Crippen molar-refractivity contribution in [3.05, 3.63) is 130 Å². The summed E-state index contributed by atoms with van der Waals surface area (Å²) in [6.45, 7) is 0.172. The molecular weight excluding hydrogens is 402 g/mol. The molecular formula is C26H25N3O3. The van der Waals surface area contributed by atoms with E-state index < -0.39 is 17.5 Å². The number of hydrogen-bond acceptors (Lipinski definition) is 5. The lowest BCUT2D eigenvalue weighted by Gasteiger charge is -2.37. The molecule has 0 aliphatic rings. The Morgan fingerprint density at radius 1 is 0.781 bits per heavy atom. The lowest BCUT2D eigenvalue weighted by atomic mass is 9.77. The van der Waals surface area contributed by atoms with Gasteiger partial charge in [0.1, 0.15) is 11.4 Å². The van der Waals surface area contributed by atoms with Gasteiger partial charge in [-0.25, -0.2) is 4.79 Å². The maximum absolute atomic E-state index is 12.6. The highest BCUT2D eigenvalue weighted by Gasteiger charge is 2.36. The highest BCUT2D eigenvalue weighted by Crippen LogP contribution is 2.39. The van der Waals surface area contributed by atoms with Crippen LogP contribution in [0.2, 0.25) is 0 Å². The van der Waals surface area contributed by atoms with Crippen molar-refractivity contribution in [2.24, 2.45) is 0 Å². The number of nitrogens with one attached hydrogen (secondary N) is 1. The Morgan fingerprint density at radius 2 is 1.25 bits per heavy atom. The summed E-state index contributed by atoms with van der Waals surface area (Å²) in [6.07, 6.45) is 0.198. The second kappa shape index (κ2) is 9.60. The standard InChI is InChI=1S/C26H25N3O3/c30-24(31)17-19-29-18-16-23(27-25(29)32)28-26(20-10-4-1-5-11-20,21-12-6-2-7-13-21)22-14-8-3-9-15-22/h1-16,18,24,30-31H,17,19H2,(H,27,28,32). The summed E-state index contributed by atoms with van der Waals surface area (Å²) in [7, 11) is 0. The molecule has 0 bridgehead atoms. The van der Waals surface area contributed by atoms with E-state index in [2.05, 4.69) is 46.7 Å². The van der Waals surface area contributed by atoms with Crippen molar-refractivity contribution in [2.75, 3.05) is 5.32 Å². The minimum atomic E-state index is -1.47. The van der Waals surface area contributed by atoms with Crippen LogP contribution in [-0.4, -0.2) is 26.1 Å². The maximum atomic E-state index is 12.6. The van der Waals surface area contributed by atoms with Gasteiger partial charge in [0.05, 0.1) is 0 Å². The number of hydrogen-bond donors (Lipinski definition) is 3. The minimum Gasteiger partial charge on any atom is -0.368 e. The third-order valence-electron chi connectivity index (χ3n) is 5.44. The second-order valence-electron chi connectivity index (χ2n) is 7.53. The molecule has 6 nitrogen and oxygen atoms in total. The first-order chi connectivity index (χ1) is 15.6. The molecule has 0 amide bonds. The maximum Gasteiger partial charge on any atom is 0.349 e. The monoisotopic (exact) mass is 427 g/mol. The predicted octanol–water partition coefficient (Wildman–Crippen LogP) is 3.35. The Kier molecular flexibility index (Phi) is 6.44. The van der Waals surface area contributed by atoms with Crippen molar-refractivity contribution in [2.45, 2.75) is 24.8 Å². The summed E-state index contributed by atoms with van der Waals surface area (Å²) in [4.78, 5) is 16.8. The molecule has 0 spiro atoms. The van der Waals surface area contributed by atoms with E-state index in [1.165, 1.54) is 4.57 Å². The fourth-order valence-corrected chi connectivity index (χ4v) is 3.90. The zero-order chi connectivity index (χ0) is 22.4. The van der Waals surface area contributed by atoms with E-state index in [0.29, 0.717) is 5.82 Å². The zero-order valence-corrected chi connectivity index (χ0v) is 17.5. The molecule has 3 N–H and O–H groups in total. The Balaban J connectivity index is 1.85. The van der Waals surface area contributed by atoms with Crippen molar-refractivity contribution < 1.29 is 10.2 Å². The number of aliphatic hydroxyl groups is 2. The fraction of sp³-hybridized carbons (Fsp3) is 0.154. The smallest absolute Gasteiger partial charge is 0.349 e. The van der Waals surface area contributed by atoms with Gasteiger partial charge < -0.3 is 15.5 Å². The molecule has 1 aromatic heterocycles. The number of aryl methyl sites for hydroxylation is 1. The van der Waals surface area contributed by atoms with Crippen LogP contribution in [0.5, 0.6) is 0 Å². The van der Waals surface area contributed by atoms with E-state index in [4.69, 9.17) is 10.2 Å². The van der Waals surface area contributed by atoms with Gasteiger partial charge in [-0.3, -0.25) is 4.57 Å². The van der Waals surface area contributed by atoms with Crippen LogP contribution >= 0.6 is 0 Å². The van der Waals surface area contributed by atoms with Crippen LogP contribution in [0.3, 0.4) is 0 Å². The molecule has 3 aromatic carbocycles. The lowest BCUT2D eigenvalue weighted by Crippen LogP contribution is -2.39. The molecule has 0 atom stereocenters. The molecule has 0 fully saturated rings. The third-order valence-corrected chi connectivity index (χ3v) is 5.44. The molecule has 162 valence electrons. The number of aliphatic hydroxyl groups excluding tert-OH is 1. The molecule has 4 rings (SSSR count). The van der Waals surface area contributed by atoms with Crippen LogP contribution in [-0.2, 0) is 12.1 Å². The van der Waals surface area contributed by atoms with E-state index >= 15 is 0 Å². The van der Waals surface area contributed by atoms with Crippen molar-refractivity contribution in [1.29, 1.82) is 0 Å². The molecule has 0 aliphatic carbocycles. The molecule has 0 aliphatic heterocycles. The van der Waals surface area contributed by atoms with Gasteiger partial charge in [0.25, 0.3) is 0 Å². The normalized spacial score (nSPS) is 11.5. The first-order valence-electron chi connectivity index (χ1n) is 10.5. The molecule has 0 radical (unpaired) electrons. The molecule has 4 aromatic rings. The van der Waals surface area contributed by atoms with Crippen molar-refractivity contribution in [3.8, 4) is 0 Å². The van der Waals surface area contributed by atoms with E-state index in [-0.39, 0.29) is 13.0 Å². The van der Waals surface area contributed by atoms with E-state index in [1.54, 1.807) is 12.3 Å². The Labute approximate surface area is 186 Å². The summed E-state index contributed by atoms with van der Waals surface area (Å²) in [6, 6.07) is 31.9. The number of nitrogens with zero attached hydrogens (tertiary/aromatic N) is 2. The van der Waals surface area contributed by atoms with Gasteiger partial charge in [0, 0.05) is 19.2 Å². The van der Waals surface area contributed by atoms with Gasteiger partial charge in [-0.2, -0.15) is 4.98 Å². The first kappa shape index (κ1) is 21.5. The first-order valence-corrected chi connectivity index (χ1v) is 10.5. The number of rotatable bonds is 8. The van der Waals surface area contributed by atoms with E-state index in [9.17, 15) is 4.79 Å². The molecule has 0 unspecified atom stereocenters. The molecule has 6 heteroatoms. The van der Waals surface area contributed by atoms with Gasteiger partial charge in [-0.05, 0) is 22.8 Å². The number of benzene rings is 3. The predicted molar refractivity (Wildman–Crippen MR) is 124 cm³/mol. The van der Waals surface area contributed by atoms with Gasteiger partial charge in [0.15, 0.2) is 6.29 Å². The summed E-state index contributed by atoms with van der Waals surface area (Å²) in [5.41, 5.74) is 1.78. The minimum absolute atomic E-state index is 0.0519. The van der Waals surface area contributed by atoms with E-state index in [0.717, 1.165) is 16.7 Å². The summed E-state index contributed by atoms with van der Waals surface area (Å²) < 4.78 is 1.36. The Bertz CT molecular complexity index is 1100. The Hall–Kier alpha value is -3.74. The van der Waals surface area contributed by atoms with Crippen LogP contribution in [0.15, 0.2) is 108 Å². The van der Waals surface area contributed by atoms with Gasteiger partial charge in [-0.1, -0.05) is 91.0 Å². The van der Waals surface area contributed by atoms with Crippen LogP contribution in [0.25, 0.3) is 0 Å². The highest BCUT2D eigenvalue weighted by molar-refractivity contribution is 5.57. The van der Waals surface area contributed by atoms with Gasteiger partial charge in [-0.15, -0.1) is 0 Å². The number of anilines is 1. The summed E-state index contributed by atoms with van der Waals surface area (Å²) >= 11 is 0. The van der Waals surface area contributed by atoms with Crippen LogP contribution in [0.4, 0.5) is 5.82 Å². The van der Waals surface area contributed by atoms with Crippen molar-refractivity contribution in [3.63, 3.8) is 0 Å². The molecule has 32 heavy (non-hydrogen) atoms. The summed E-state index contributed by atoms with van der Waals surface area (Å²) in [5.74, 6) is 0.423. The largest absolute Gasteiger partial charge is 0.368 e. The van der Waals surface area contributed by atoms with Gasteiger partial charge >= 0.3 is 5.69 Å². The zero-order valence-electron chi connectivity index (χ0n) is 17.5. The van der Waals surface area contributed by atoms with Crippen LogP contribution in [0, 0.1) is 0 Å². The lowest BCUT2D eigenvalue weighted by molar-refractivity contribution is -0.0479. The molecule has 0 saturated carbocycles. The second-order valence-corrected chi connectivity index (χ2v) is 7.53. The van der Waals surface area contributed by atoms with Crippen LogP contribution in [0.1, 0.15) is 23.1 Å². The summed E-state index contributed by atoms with van der Waals surface area (Å²) in [5, 5.41) is 21.7. The van der Waals surface area contributed by atoms with Crippen LogP contribution < -0.4 is 11.0 Å².